The zero-order valence-corrected chi connectivity index (χ0v) is 13.3. The predicted molar refractivity (Wildman–Crippen MR) is 93.0 cm³/mol. The number of phenols is 2. The van der Waals surface area contributed by atoms with E-state index in [-0.39, 0.29) is 17.6 Å². The molecule has 0 spiro atoms. The zero-order chi connectivity index (χ0) is 16.7. The maximum atomic E-state index is 12.4. The van der Waals surface area contributed by atoms with Crippen LogP contribution in [0.5, 0.6) is 11.5 Å². The molecular weight excluding hydrogens is 318 g/mol. The van der Waals surface area contributed by atoms with Crippen LogP contribution in [-0.2, 0) is 10.3 Å². The molecule has 5 heteroatoms. The Morgan fingerprint density at radius 2 is 1.20 bits per heavy atom. The maximum absolute atomic E-state index is 12.4. The Labute approximate surface area is 144 Å². The Hall–Kier alpha value is -3.31. The number of aromatic hydroxyl groups is 2. The van der Waals surface area contributed by atoms with Crippen LogP contribution in [0.25, 0.3) is 0 Å². The third kappa shape index (κ3) is 2.42. The van der Waals surface area contributed by atoms with Gasteiger partial charge < -0.3 is 21.1 Å². The number of hydrogen-bond donors (Lipinski definition) is 3. The van der Waals surface area contributed by atoms with E-state index in [0.717, 1.165) is 16.7 Å². The predicted octanol–water partition coefficient (Wildman–Crippen LogP) is 3.72. The summed E-state index contributed by atoms with van der Waals surface area (Å²) in [5.74, 6) is -0.124. The van der Waals surface area contributed by atoms with E-state index in [1.54, 1.807) is 60.7 Å². The van der Waals surface area contributed by atoms with Gasteiger partial charge in [0.1, 0.15) is 11.5 Å². The summed E-state index contributed by atoms with van der Waals surface area (Å²) in [6.07, 6.45) is 0. The summed E-state index contributed by atoms with van der Waals surface area (Å²) in [6, 6.07) is 20.4. The highest BCUT2D eigenvalue weighted by atomic mass is 16.6. The number of benzene rings is 3. The standard InChI is InChI=1S/C20H14O4.H3N/c21-15-9-5-13(6-10-15)20(14-7-11-16(22)12-8-14)18-4-2-1-3-17(18)19(23)24-20;/h1-12,21-22H;1H3. The maximum Gasteiger partial charge on any atom is 0.340 e. The summed E-state index contributed by atoms with van der Waals surface area (Å²) < 4.78 is 5.87. The molecule has 3 aromatic rings. The van der Waals surface area contributed by atoms with Crippen molar-refractivity contribution in [3.05, 3.63) is 95.1 Å². The van der Waals surface area contributed by atoms with Crippen molar-refractivity contribution in [1.29, 1.82) is 0 Å². The molecule has 0 atom stereocenters. The van der Waals surface area contributed by atoms with Gasteiger partial charge in [-0.3, -0.25) is 0 Å². The van der Waals surface area contributed by atoms with Crippen molar-refractivity contribution in [2.24, 2.45) is 0 Å². The normalized spacial score (nSPS) is 14.3. The van der Waals surface area contributed by atoms with E-state index in [4.69, 9.17) is 4.74 Å². The molecule has 0 saturated carbocycles. The molecule has 0 aliphatic carbocycles. The molecule has 1 heterocycles. The zero-order valence-electron chi connectivity index (χ0n) is 13.3. The lowest BCUT2D eigenvalue weighted by Crippen LogP contribution is -2.29. The van der Waals surface area contributed by atoms with Crippen LogP contribution < -0.4 is 6.15 Å². The first-order valence-electron chi connectivity index (χ1n) is 7.53. The molecule has 1 aliphatic rings. The van der Waals surface area contributed by atoms with Crippen molar-refractivity contribution in [2.45, 2.75) is 5.60 Å². The lowest BCUT2D eigenvalue weighted by atomic mass is 9.80. The lowest BCUT2D eigenvalue weighted by Gasteiger charge is -2.30. The molecule has 5 N–H and O–H groups in total. The second-order valence-electron chi connectivity index (χ2n) is 5.71. The molecule has 0 amide bonds. The van der Waals surface area contributed by atoms with Crippen LogP contribution in [0.2, 0.25) is 0 Å². The highest BCUT2D eigenvalue weighted by Gasteiger charge is 2.48. The minimum absolute atomic E-state index is 0. The van der Waals surface area contributed by atoms with E-state index in [0.29, 0.717) is 5.56 Å². The Balaban J connectivity index is 0.00000182. The van der Waals surface area contributed by atoms with Crippen LogP contribution in [0.3, 0.4) is 0 Å². The van der Waals surface area contributed by atoms with Crippen LogP contribution in [0, 0.1) is 0 Å². The minimum atomic E-state index is -1.10. The van der Waals surface area contributed by atoms with Crippen LogP contribution in [0.15, 0.2) is 72.8 Å². The summed E-state index contributed by atoms with van der Waals surface area (Å²) in [4.78, 5) is 12.4. The van der Waals surface area contributed by atoms with Gasteiger partial charge in [0.05, 0.1) is 5.56 Å². The van der Waals surface area contributed by atoms with Crippen molar-refractivity contribution in [3.63, 3.8) is 0 Å². The molecule has 4 rings (SSSR count). The van der Waals surface area contributed by atoms with Gasteiger partial charge in [0, 0.05) is 16.7 Å². The molecule has 1 aliphatic heterocycles. The Morgan fingerprint density at radius 3 is 1.72 bits per heavy atom. The number of carbonyl (C=O) groups is 1. The number of phenolic OH excluding ortho intramolecular Hbond substituents is 2. The van der Waals surface area contributed by atoms with Gasteiger partial charge in [-0.05, 0) is 30.3 Å². The van der Waals surface area contributed by atoms with Gasteiger partial charge in [-0.2, -0.15) is 0 Å². The fourth-order valence-electron chi connectivity index (χ4n) is 3.20. The SMILES string of the molecule is N.O=C1OC(c2ccc(O)cc2)(c2ccc(O)cc2)c2ccccc21. The lowest BCUT2D eigenvalue weighted by molar-refractivity contribution is 0.0251. The summed E-state index contributed by atoms with van der Waals surface area (Å²) in [6.45, 7) is 0. The van der Waals surface area contributed by atoms with Crippen molar-refractivity contribution < 1.29 is 19.7 Å². The Kier molecular flexibility index (Phi) is 3.94. The highest BCUT2D eigenvalue weighted by Crippen LogP contribution is 2.47. The topological polar surface area (TPSA) is 102 Å². The molecule has 126 valence electrons. The van der Waals surface area contributed by atoms with Crippen LogP contribution in [0.4, 0.5) is 0 Å². The second-order valence-corrected chi connectivity index (χ2v) is 5.71. The first kappa shape index (κ1) is 16.5. The van der Waals surface area contributed by atoms with Crippen LogP contribution in [0.1, 0.15) is 27.0 Å². The summed E-state index contributed by atoms with van der Waals surface area (Å²) in [5.41, 5.74) is 1.60. The van der Waals surface area contributed by atoms with Crippen molar-refractivity contribution >= 4 is 5.97 Å². The number of fused-ring (bicyclic) bond motifs is 1. The quantitative estimate of drug-likeness (QED) is 0.619. The van der Waals surface area contributed by atoms with Gasteiger partial charge in [-0.15, -0.1) is 0 Å². The fraction of sp³-hybridized carbons (Fsp3) is 0.0500. The van der Waals surface area contributed by atoms with Crippen LogP contribution >= 0.6 is 0 Å². The molecule has 0 saturated heterocycles. The molecule has 5 nitrogen and oxygen atoms in total. The third-order valence-corrected chi connectivity index (χ3v) is 4.32. The van der Waals surface area contributed by atoms with Gasteiger partial charge >= 0.3 is 5.97 Å². The molecule has 0 fully saturated rings. The van der Waals surface area contributed by atoms with Gasteiger partial charge in [0.2, 0.25) is 0 Å². The Morgan fingerprint density at radius 1 is 0.720 bits per heavy atom. The van der Waals surface area contributed by atoms with Gasteiger partial charge in [-0.1, -0.05) is 42.5 Å². The smallest absolute Gasteiger partial charge is 0.340 e. The first-order chi connectivity index (χ1) is 11.6. The molecule has 0 unspecified atom stereocenters. The largest absolute Gasteiger partial charge is 0.508 e. The third-order valence-electron chi connectivity index (χ3n) is 4.32. The number of rotatable bonds is 2. The van der Waals surface area contributed by atoms with E-state index in [9.17, 15) is 15.0 Å². The van der Waals surface area contributed by atoms with Gasteiger partial charge in [0.25, 0.3) is 0 Å². The number of carbonyl (C=O) groups excluding carboxylic acids is 1. The molecular formula is C20H17NO4. The summed E-state index contributed by atoms with van der Waals surface area (Å²) >= 11 is 0. The van der Waals surface area contributed by atoms with Gasteiger partial charge in [0.15, 0.2) is 5.60 Å². The number of cyclic esters (lactones) is 1. The van der Waals surface area contributed by atoms with E-state index in [1.165, 1.54) is 0 Å². The molecule has 0 radical (unpaired) electrons. The Bertz CT molecular complexity index is 872. The number of esters is 1. The summed E-state index contributed by atoms with van der Waals surface area (Å²) in [7, 11) is 0. The highest BCUT2D eigenvalue weighted by molar-refractivity contribution is 5.96. The first-order valence-corrected chi connectivity index (χ1v) is 7.53. The monoisotopic (exact) mass is 335 g/mol. The van der Waals surface area contributed by atoms with E-state index in [1.807, 2.05) is 12.1 Å². The molecule has 25 heavy (non-hydrogen) atoms. The second kappa shape index (κ2) is 5.96. The fourth-order valence-corrected chi connectivity index (χ4v) is 3.20. The van der Waals surface area contributed by atoms with Crippen LogP contribution in [-0.4, -0.2) is 16.2 Å². The average molecular weight is 335 g/mol. The molecule has 0 bridgehead atoms. The van der Waals surface area contributed by atoms with Crippen molar-refractivity contribution in [3.8, 4) is 11.5 Å². The molecule has 3 aromatic carbocycles. The number of hydrogen-bond acceptors (Lipinski definition) is 5. The average Bonchev–Trinajstić information content (AvgIpc) is 2.91. The number of ether oxygens (including phenoxy) is 1. The summed E-state index contributed by atoms with van der Waals surface area (Å²) in [5, 5.41) is 19.2. The van der Waals surface area contributed by atoms with Crippen molar-refractivity contribution in [1.82, 2.24) is 6.15 Å². The van der Waals surface area contributed by atoms with Crippen molar-refractivity contribution in [2.75, 3.05) is 0 Å². The van der Waals surface area contributed by atoms with E-state index >= 15 is 0 Å². The van der Waals surface area contributed by atoms with E-state index in [2.05, 4.69) is 0 Å². The molecule has 0 aromatic heterocycles. The minimum Gasteiger partial charge on any atom is -0.508 e. The van der Waals surface area contributed by atoms with Gasteiger partial charge in [-0.25, -0.2) is 4.79 Å². The van der Waals surface area contributed by atoms with E-state index < -0.39 is 11.6 Å².